The molecule has 1 heterocycles. The van der Waals surface area contributed by atoms with Crippen molar-refractivity contribution >= 4 is 0 Å². The Morgan fingerprint density at radius 2 is 1.63 bits per heavy atom. The molecule has 0 spiro atoms. The Morgan fingerprint density at radius 1 is 0.963 bits per heavy atom. The highest BCUT2D eigenvalue weighted by molar-refractivity contribution is 5.33. The maximum absolute atomic E-state index is 11.8. The number of hydrogen-bond donors (Lipinski definition) is 1. The first-order chi connectivity index (χ1) is 13.1. The highest BCUT2D eigenvalue weighted by atomic mass is 16.5. The van der Waals surface area contributed by atoms with Gasteiger partial charge in [-0.1, -0.05) is 30.7 Å². The van der Waals surface area contributed by atoms with Crippen molar-refractivity contribution in [1.29, 1.82) is 0 Å². The second kappa shape index (κ2) is 7.53. The van der Waals surface area contributed by atoms with Crippen LogP contribution in [0.15, 0.2) is 48.5 Å². The van der Waals surface area contributed by atoms with E-state index in [9.17, 15) is 5.11 Å². The Labute approximate surface area is 161 Å². The first-order valence-corrected chi connectivity index (χ1v) is 9.85. The SMILES string of the molecule is COc1ccc(C2(O)[C@H]3CCC[C@H]2CN(Cc2cccc(OC)c2)C3)cc1. The predicted molar refractivity (Wildman–Crippen MR) is 106 cm³/mol. The van der Waals surface area contributed by atoms with Crippen molar-refractivity contribution in [3.63, 3.8) is 0 Å². The van der Waals surface area contributed by atoms with Crippen molar-refractivity contribution in [1.82, 2.24) is 4.90 Å². The molecule has 0 amide bonds. The van der Waals surface area contributed by atoms with Crippen molar-refractivity contribution in [2.45, 2.75) is 31.4 Å². The molecule has 2 aromatic rings. The third-order valence-corrected chi connectivity index (χ3v) is 6.40. The van der Waals surface area contributed by atoms with Crippen LogP contribution in [0.5, 0.6) is 11.5 Å². The van der Waals surface area contributed by atoms with Gasteiger partial charge < -0.3 is 14.6 Å². The molecule has 0 radical (unpaired) electrons. The van der Waals surface area contributed by atoms with Crippen molar-refractivity contribution in [3.8, 4) is 11.5 Å². The highest BCUT2D eigenvalue weighted by Gasteiger charge is 2.51. The zero-order valence-electron chi connectivity index (χ0n) is 16.2. The number of ether oxygens (including phenoxy) is 2. The molecule has 2 aromatic carbocycles. The summed E-state index contributed by atoms with van der Waals surface area (Å²) in [7, 11) is 3.38. The zero-order chi connectivity index (χ0) is 18.9. The third kappa shape index (κ3) is 3.44. The minimum atomic E-state index is -0.727. The molecule has 2 bridgehead atoms. The predicted octanol–water partition coefficient (Wildman–Crippen LogP) is 3.82. The molecule has 0 unspecified atom stereocenters. The van der Waals surface area contributed by atoms with E-state index < -0.39 is 5.60 Å². The van der Waals surface area contributed by atoms with Crippen LogP contribution in [0.2, 0.25) is 0 Å². The van der Waals surface area contributed by atoms with Crippen LogP contribution in [-0.4, -0.2) is 37.3 Å². The van der Waals surface area contributed by atoms with Crippen molar-refractivity contribution in [2.75, 3.05) is 27.3 Å². The standard InChI is InChI=1S/C23H29NO3/c1-26-21-11-9-18(10-12-21)23(25)19-6-4-7-20(23)16-24(15-19)14-17-5-3-8-22(13-17)27-2/h3,5,8-13,19-20,25H,4,6-7,14-16H2,1-2H3/t19-,20-/m0/s1. The smallest absolute Gasteiger partial charge is 0.119 e. The van der Waals surface area contributed by atoms with Gasteiger partial charge in [-0.2, -0.15) is 0 Å². The van der Waals surface area contributed by atoms with Crippen LogP contribution >= 0.6 is 0 Å². The van der Waals surface area contributed by atoms with Gasteiger partial charge in [0.15, 0.2) is 0 Å². The molecule has 4 heteroatoms. The van der Waals surface area contributed by atoms with Gasteiger partial charge in [-0.25, -0.2) is 0 Å². The lowest BCUT2D eigenvalue weighted by atomic mass is 9.62. The highest BCUT2D eigenvalue weighted by Crippen LogP contribution is 2.49. The van der Waals surface area contributed by atoms with E-state index in [1.165, 1.54) is 12.0 Å². The molecule has 4 rings (SSSR count). The van der Waals surface area contributed by atoms with Crippen LogP contribution < -0.4 is 9.47 Å². The van der Waals surface area contributed by atoms with E-state index in [0.29, 0.717) is 0 Å². The first kappa shape index (κ1) is 18.3. The van der Waals surface area contributed by atoms with E-state index in [1.807, 2.05) is 36.4 Å². The number of nitrogens with zero attached hydrogens (tertiary/aromatic N) is 1. The molecule has 2 aliphatic rings. The van der Waals surface area contributed by atoms with Gasteiger partial charge in [0.1, 0.15) is 11.5 Å². The normalized spacial score (nSPS) is 28.0. The van der Waals surface area contributed by atoms with Crippen LogP contribution in [0, 0.1) is 11.8 Å². The number of hydrogen-bond acceptors (Lipinski definition) is 4. The maximum Gasteiger partial charge on any atom is 0.119 e. The lowest BCUT2D eigenvalue weighted by Gasteiger charge is -2.53. The van der Waals surface area contributed by atoms with Crippen molar-refractivity contribution < 1.29 is 14.6 Å². The molecule has 1 aliphatic heterocycles. The molecular weight excluding hydrogens is 338 g/mol. The lowest BCUT2D eigenvalue weighted by molar-refractivity contribution is -0.148. The van der Waals surface area contributed by atoms with Crippen LogP contribution in [0.3, 0.4) is 0 Å². The van der Waals surface area contributed by atoms with Gasteiger partial charge in [-0.15, -0.1) is 0 Å². The van der Waals surface area contributed by atoms with Gasteiger partial charge in [-0.05, 0) is 48.2 Å². The number of rotatable bonds is 5. The summed E-state index contributed by atoms with van der Waals surface area (Å²) < 4.78 is 10.6. The summed E-state index contributed by atoms with van der Waals surface area (Å²) in [4.78, 5) is 2.50. The molecule has 27 heavy (non-hydrogen) atoms. The summed E-state index contributed by atoms with van der Waals surface area (Å²) >= 11 is 0. The fourth-order valence-corrected chi connectivity index (χ4v) is 5.03. The van der Waals surface area contributed by atoms with E-state index in [2.05, 4.69) is 17.0 Å². The number of benzene rings is 2. The van der Waals surface area contributed by atoms with E-state index >= 15 is 0 Å². The molecule has 4 nitrogen and oxygen atoms in total. The van der Waals surface area contributed by atoms with Crippen LogP contribution in [0.25, 0.3) is 0 Å². The summed E-state index contributed by atoms with van der Waals surface area (Å²) in [5.74, 6) is 2.27. The molecule has 1 N–H and O–H groups in total. The minimum absolute atomic E-state index is 0.268. The Kier molecular flexibility index (Phi) is 5.11. The van der Waals surface area contributed by atoms with Gasteiger partial charge in [0.05, 0.1) is 19.8 Å². The Bertz CT molecular complexity index is 759. The molecule has 0 aromatic heterocycles. The van der Waals surface area contributed by atoms with Gasteiger partial charge in [0.25, 0.3) is 0 Å². The summed E-state index contributed by atoms with van der Waals surface area (Å²) in [5, 5.41) is 11.8. The second-order valence-electron chi connectivity index (χ2n) is 7.92. The van der Waals surface area contributed by atoms with Gasteiger partial charge in [0.2, 0.25) is 0 Å². The summed E-state index contributed by atoms with van der Waals surface area (Å²) in [5.41, 5.74) is 1.58. The molecule has 1 saturated heterocycles. The van der Waals surface area contributed by atoms with E-state index in [-0.39, 0.29) is 11.8 Å². The molecular formula is C23H29NO3. The fraction of sp³-hybridized carbons (Fsp3) is 0.478. The monoisotopic (exact) mass is 367 g/mol. The zero-order valence-corrected chi connectivity index (χ0v) is 16.2. The van der Waals surface area contributed by atoms with Crippen LogP contribution in [-0.2, 0) is 12.1 Å². The van der Waals surface area contributed by atoms with Crippen LogP contribution in [0.1, 0.15) is 30.4 Å². The summed E-state index contributed by atoms with van der Waals surface area (Å²) in [6.45, 7) is 2.76. The average Bonchev–Trinajstić information content (AvgIpc) is 2.69. The van der Waals surface area contributed by atoms with E-state index in [4.69, 9.17) is 9.47 Å². The van der Waals surface area contributed by atoms with Crippen LogP contribution in [0.4, 0.5) is 0 Å². The first-order valence-electron chi connectivity index (χ1n) is 9.85. The number of methoxy groups -OCH3 is 2. The molecule has 2 fully saturated rings. The fourth-order valence-electron chi connectivity index (χ4n) is 5.03. The number of fused-ring (bicyclic) bond motifs is 2. The maximum atomic E-state index is 11.8. The largest absolute Gasteiger partial charge is 0.497 e. The molecule has 2 atom stereocenters. The van der Waals surface area contributed by atoms with Crippen molar-refractivity contribution in [3.05, 3.63) is 59.7 Å². The summed E-state index contributed by atoms with van der Waals surface area (Å²) in [6, 6.07) is 16.3. The average molecular weight is 367 g/mol. The number of piperidine rings is 1. The number of aliphatic hydroxyl groups is 1. The Balaban J connectivity index is 1.54. The molecule has 144 valence electrons. The topological polar surface area (TPSA) is 41.9 Å². The number of likely N-dealkylation sites (tertiary alicyclic amines) is 1. The van der Waals surface area contributed by atoms with Gasteiger partial charge in [-0.3, -0.25) is 4.90 Å². The Hall–Kier alpha value is -2.04. The third-order valence-electron chi connectivity index (χ3n) is 6.40. The Morgan fingerprint density at radius 3 is 2.26 bits per heavy atom. The minimum Gasteiger partial charge on any atom is -0.497 e. The quantitative estimate of drug-likeness (QED) is 0.872. The van der Waals surface area contributed by atoms with E-state index in [0.717, 1.165) is 49.5 Å². The lowest BCUT2D eigenvalue weighted by Crippen LogP contribution is -2.57. The molecule has 1 saturated carbocycles. The van der Waals surface area contributed by atoms with Gasteiger partial charge >= 0.3 is 0 Å². The van der Waals surface area contributed by atoms with E-state index in [1.54, 1.807) is 14.2 Å². The molecule has 1 aliphatic carbocycles. The second-order valence-corrected chi connectivity index (χ2v) is 7.92. The van der Waals surface area contributed by atoms with Gasteiger partial charge in [0, 0.05) is 31.5 Å². The van der Waals surface area contributed by atoms with Crippen molar-refractivity contribution in [2.24, 2.45) is 11.8 Å². The summed E-state index contributed by atoms with van der Waals surface area (Å²) in [6.07, 6.45) is 3.36.